The van der Waals surface area contributed by atoms with Crippen LogP contribution in [-0.2, 0) is 5.54 Å². The second-order valence-corrected chi connectivity index (χ2v) is 13.5. The first-order chi connectivity index (χ1) is 25.2. The Morgan fingerprint density at radius 3 is 1.61 bits per heavy atom. The monoisotopic (exact) mass is 660 g/mol. The second-order valence-electron chi connectivity index (χ2n) is 13.5. The van der Waals surface area contributed by atoms with Gasteiger partial charge in [0, 0.05) is 17.1 Å². The molecule has 0 aliphatic carbocycles. The fourth-order valence-electron chi connectivity index (χ4n) is 8.50. The molecule has 2 aliphatic heterocycles. The second kappa shape index (κ2) is 12.6. The molecule has 0 N–H and O–H groups in total. The summed E-state index contributed by atoms with van der Waals surface area (Å²) in [4.78, 5) is 10.0. The molecule has 0 saturated heterocycles. The van der Waals surface area contributed by atoms with Gasteiger partial charge < -0.3 is 19.6 Å². The largest absolute Gasteiger partial charge is 0.331 e. The van der Waals surface area contributed by atoms with Crippen molar-refractivity contribution >= 4 is 39.8 Å². The first-order valence-electron chi connectivity index (χ1n) is 17.8. The van der Waals surface area contributed by atoms with Crippen LogP contribution in [0.5, 0.6) is 0 Å². The van der Waals surface area contributed by atoms with E-state index in [1.165, 1.54) is 56.4 Å². The van der Waals surface area contributed by atoms with Crippen LogP contribution in [0.4, 0.5) is 39.8 Å². The number of hydrogen-bond acceptors (Lipinski definition) is 4. The molecule has 1 unspecified atom stereocenters. The molecule has 0 radical (unpaired) electrons. The predicted octanol–water partition coefficient (Wildman–Crippen LogP) is 11.5. The van der Waals surface area contributed by atoms with Gasteiger partial charge in [0.15, 0.2) is 0 Å². The van der Waals surface area contributed by atoms with Gasteiger partial charge in [-0.1, -0.05) is 127 Å². The highest BCUT2D eigenvalue weighted by atomic mass is 15.4. The van der Waals surface area contributed by atoms with Crippen molar-refractivity contribution < 1.29 is 0 Å². The summed E-state index contributed by atoms with van der Waals surface area (Å²) in [6, 6.07) is 68.5. The van der Waals surface area contributed by atoms with E-state index in [-0.39, 0.29) is 6.17 Å². The van der Waals surface area contributed by atoms with Crippen LogP contribution in [0.25, 0.3) is 0 Å². The van der Waals surface area contributed by atoms with Crippen molar-refractivity contribution in [2.24, 2.45) is 0 Å². The molecule has 0 bridgehead atoms. The Labute approximate surface area is 301 Å². The summed E-state index contributed by atoms with van der Waals surface area (Å²) in [6.45, 7) is 5.33. The zero-order chi connectivity index (χ0) is 34.4. The van der Waals surface area contributed by atoms with Crippen LogP contribution in [0, 0.1) is 6.92 Å². The van der Waals surface area contributed by atoms with Crippen LogP contribution >= 0.6 is 0 Å². The molecule has 4 nitrogen and oxygen atoms in total. The third-order valence-electron chi connectivity index (χ3n) is 10.7. The van der Waals surface area contributed by atoms with Gasteiger partial charge >= 0.3 is 0 Å². The highest BCUT2D eigenvalue weighted by molar-refractivity contribution is 5.89. The summed E-state index contributed by atoms with van der Waals surface area (Å²) in [5.74, 6) is 0. The standard InChI is InChI=1S/C47H40N4/c1-35-19-12-13-28-42(35)47(37-20-6-3-7-21-37,51-36(2)50(40-25-10-5-11-26-40)45-31-16-17-32-46(45)51)38-22-18-27-41(33-38)49-34-48(39-23-8-4-9-24-39)43-29-14-15-30-44(43)49/h3-33,36H,34H2,1-2H3/t36-,47?/m0/s1. The normalized spacial score (nSPS) is 16.2. The van der Waals surface area contributed by atoms with Gasteiger partial charge in [-0.05, 0) is 96.8 Å². The van der Waals surface area contributed by atoms with Crippen LogP contribution in [0.2, 0.25) is 0 Å². The molecule has 2 heterocycles. The maximum Gasteiger partial charge on any atom is 0.118 e. The maximum absolute atomic E-state index is 2.67. The Morgan fingerprint density at radius 2 is 0.941 bits per heavy atom. The van der Waals surface area contributed by atoms with Crippen LogP contribution in [-0.4, -0.2) is 12.8 Å². The van der Waals surface area contributed by atoms with Gasteiger partial charge in [0.25, 0.3) is 0 Å². The molecule has 2 aliphatic rings. The van der Waals surface area contributed by atoms with Gasteiger partial charge in [0.2, 0.25) is 0 Å². The third kappa shape index (κ3) is 4.90. The molecule has 0 saturated carbocycles. The number of aryl methyl sites for hydroxylation is 1. The van der Waals surface area contributed by atoms with E-state index in [2.05, 4.69) is 222 Å². The highest BCUT2D eigenvalue weighted by Crippen LogP contribution is 2.55. The molecule has 2 atom stereocenters. The highest BCUT2D eigenvalue weighted by Gasteiger charge is 2.50. The number of benzene rings is 7. The molecule has 248 valence electrons. The van der Waals surface area contributed by atoms with Crippen molar-refractivity contribution in [3.05, 3.63) is 210 Å². The van der Waals surface area contributed by atoms with E-state index in [1.54, 1.807) is 0 Å². The van der Waals surface area contributed by atoms with Gasteiger partial charge in [-0.3, -0.25) is 0 Å². The lowest BCUT2D eigenvalue weighted by Crippen LogP contribution is -2.54. The molecule has 0 fully saturated rings. The number of anilines is 7. The fourth-order valence-corrected chi connectivity index (χ4v) is 8.50. The van der Waals surface area contributed by atoms with E-state index < -0.39 is 5.54 Å². The molecule has 7 aromatic rings. The minimum absolute atomic E-state index is 0.0191. The molecule has 0 spiro atoms. The van der Waals surface area contributed by atoms with Crippen LogP contribution in [0.3, 0.4) is 0 Å². The van der Waals surface area contributed by atoms with Gasteiger partial charge in [0.05, 0.1) is 22.7 Å². The lowest BCUT2D eigenvalue weighted by atomic mass is 9.73. The summed E-state index contributed by atoms with van der Waals surface area (Å²) >= 11 is 0. The van der Waals surface area contributed by atoms with Crippen molar-refractivity contribution in [3.63, 3.8) is 0 Å². The molecule has 9 rings (SSSR count). The number of para-hydroxylation sites is 6. The molecular weight excluding hydrogens is 621 g/mol. The van der Waals surface area contributed by atoms with Crippen molar-refractivity contribution in [3.8, 4) is 0 Å². The molecular formula is C47H40N4. The van der Waals surface area contributed by atoms with Crippen LogP contribution in [0.15, 0.2) is 188 Å². The first kappa shape index (κ1) is 30.8. The van der Waals surface area contributed by atoms with E-state index in [9.17, 15) is 0 Å². The van der Waals surface area contributed by atoms with Gasteiger partial charge in [-0.2, -0.15) is 0 Å². The molecule has 51 heavy (non-hydrogen) atoms. The lowest BCUT2D eigenvalue weighted by molar-refractivity contribution is 0.510. The Bertz CT molecular complexity index is 2310. The summed E-state index contributed by atoms with van der Waals surface area (Å²) in [5.41, 5.74) is 12.6. The first-order valence-corrected chi connectivity index (χ1v) is 17.8. The van der Waals surface area contributed by atoms with Crippen LogP contribution < -0.4 is 19.6 Å². The summed E-state index contributed by atoms with van der Waals surface area (Å²) < 4.78 is 0. The average Bonchev–Trinajstić information content (AvgIpc) is 3.73. The summed E-state index contributed by atoms with van der Waals surface area (Å²) in [7, 11) is 0. The smallest absolute Gasteiger partial charge is 0.118 e. The van der Waals surface area contributed by atoms with E-state index in [0.717, 1.165) is 12.4 Å². The zero-order valence-corrected chi connectivity index (χ0v) is 29.0. The molecule has 0 amide bonds. The maximum atomic E-state index is 2.67. The van der Waals surface area contributed by atoms with E-state index in [1.807, 2.05) is 0 Å². The number of nitrogens with zero attached hydrogens (tertiary/aromatic N) is 4. The number of fused-ring (bicyclic) bond motifs is 2. The molecule has 4 heteroatoms. The Hall–Kier alpha value is -6.26. The average molecular weight is 661 g/mol. The Balaban J connectivity index is 1.29. The predicted molar refractivity (Wildman–Crippen MR) is 213 cm³/mol. The summed E-state index contributed by atoms with van der Waals surface area (Å²) in [5, 5.41) is 0. The van der Waals surface area contributed by atoms with E-state index in [0.29, 0.717) is 0 Å². The van der Waals surface area contributed by atoms with E-state index >= 15 is 0 Å². The minimum Gasteiger partial charge on any atom is -0.331 e. The molecule has 0 aromatic heterocycles. The van der Waals surface area contributed by atoms with E-state index in [4.69, 9.17) is 0 Å². The third-order valence-corrected chi connectivity index (χ3v) is 10.7. The zero-order valence-electron chi connectivity index (χ0n) is 29.0. The van der Waals surface area contributed by atoms with Crippen molar-refractivity contribution in [2.75, 3.05) is 26.3 Å². The number of hydrogen-bond donors (Lipinski definition) is 0. The van der Waals surface area contributed by atoms with Gasteiger partial charge in [-0.15, -0.1) is 0 Å². The minimum atomic E-state index is -0.681. The Kier molecular flexibility index (Phi) is 7.58. The topological polar surface area (TPSA) is 13.0 Å². The molecule has 7 aromatic carbocycles. The van der Waals surface area contributed by atoms with Gasteiger partial charge in [0.1, 0.15) is 18.4 Å². The Morgan fingerprint density at radius 1 is 0.451 bits per heavy atom. The van der Waals surface area contributed by atoms with Crippen molar-refractivity contribution in [1.82, 2.24) is 0 Å². The number of rotatable bonds is 7. The quantitative estimate of drug-likeness (QED) is 0.158. The fraction of sp³-hybridized carbons (Fsp3) is 0.106. The van der Waals surface area contributed by atoms with Gasteiger partial charge in [-0.25, -0.2) is 0 Å². The SMILES string of the molecule is Cc1ccccc1C(c1ccccc1)(c1cccc(N2CN(c3ccccc3)c3ccccc32)c1)N1c2ccccc2N(c2ccccc2)[C@@H]1C. The lowest BCUT2D eigenvalue weighted by Gasteiger charge is -2.48. The van der Waals surface area contributed by atoms with Crippen molar-refractivity contribution in [2.45, 2.75) is 25.6 Å². The van der Waals surface area contributed by atoms with Crippen LogP contribution in [0.1, 0.15) is 29.2 Å². The summed E-state index contributed by atoms with van der Waals surface area (Å²) in [6.07, 6.45) is -0.0191. The van der Waals surface area contributed by atoms with Crippen molar-refractivity contribution in [1.29, 1.82) is 0 Å².